The predicted octanol–water partition coefficient (Wildman–Crippen LogP) is 4.52. The number of nitrogens with zero attached hydrogens (tertiary/aromatic N) is 2. The van der Waals surface area contributed by atoms with Crippen molar-refractivity contribution in [3.05, 3.63) is 59.1 Å². The molecular formula is C23H28N2O3. The maximum absolute atomic E-state index is 12.8. The molecule has 28 heavy (non-hydrogen) atoms. The fourth-order valence-electron chi connectivity index (χ4n) is 3.52. The van der Waals surface area contributed by atoms with Crippen molar-refractivity contribution in [1.82, 2.24) is 9.88 Å². The Bertz CT molecular complexity index is 863. The first-order valence-corrected chi connectivity index (χ1v) is 9.76. The standard InChI is InChI=1S/C23H28N2O3/c1-15(2)12-25(13-16(3)4)14-19-20(26)6-5-18-22(27)21(28-23(18)19)11-17-7-9-24-10-8-17/h5-11,15-16,26H,12-14H2,1-4H3/b21-11+. The number of ether oxygens (including phenoxy) is 1. The highest BCUT2D eigenvalue weighted by atomic mass is 16.5. The molecule has 0 saturated carbocycles. The van der Waals surface area contributed by atoms with Crippen LogP contribution in [0.2, 0.25) is 0 Å². The Hall–Kier alpha value is -2.66. The van der Waals surface area contributed by atoms with Gasteiger partial charge in [-0.1, -0.05) is 27.7 Å². The van der Waals surface area contributed by atoms with E-state index in [1.54, 1.807) is 30.6 Å². The number of rotatable bonds is 7. The van der Waals surface area contributed by atoms with Gasteiger partial charge in [-0.25, -0.2) is 0 Å². The lowest BCUT2D eigenvalue weighted by Crippen LogP contribution is -2.31. The van der Waals surface area contributed by atoms with E-state index in [4.69, 9.17) is 4.74 Å². The molecule has 1 aliphatic rings. The first-order chi connectivity index (χ1) is 13.3. The summed E-state index contributed by atoms with van der Waals surface area (Å²) in [6.45, 7) is 11.1. The molecule has 0 unspecified atom stereocenters. The molecule has 3 rings (SSSR count). The van der Waals surface area contributed by atoms with Gasteiger partial charge in [0.25, 0.3) is 0 Å². The minimum absolute atomic E-state index is 0.160. The summed E-state index contributed by atoms with van der Waals surface area (Å²) >= 11 is 0. The maximum Gasteiger partial charge on any atom is 0.231 e. The Labute approximate surface area is 166 Å². The number of hydrogen-bond donors (Lipinski definition) is 1. The van der Waals surface area contributed by atoms with Crippen LogP contribution in [-0.4, -0.2) is 33.9 Å². The predicted molar refractivity (Wildman–Crippen MR) is 110 cm³/mol. The molecule has 1 aliphatic heterocycles. The lowest BCUT2D eigenvalue weighted by molar-refractivity contribution is 0.101. The van der Waals surface area contributed by atoms with Gasteiger partial charge in [0.2, 0.25) is 5.78 Å². The van der Waals surface area contributed by atoms with E-state index in [0.29, 0.717) is 35.3 Å². The van der Waals surface area contributed by atoms with Gasteiger partial charge in [0.15, 0.2) is 5.76 Å². The van der Waals surface area contributed by atoms with Crippen LogP contribution in [0.5, 0.6) is 11.5 Å². The molecule has 1 aromatic heterocycles. The Balaban J connectivity index is 1.92. The molecule has 0 radical (unpaired) electrons. The molecule has 0 fully saturated rings. The van der Waals surface area contributed by atoms with Gasteiger partial charge in [-0.05, 0) is 47.7 Å². The average molecular weight is 380 g/mol. The third kappa shape index (κ3) is 4.60. The lowest BCUT2D eigenvalue weighted by Gasteiger charge is -2.27. The highest BCUT2D eigenvalue weighted by Crippen LogP contribution is 2.40. The molecule has 0 amide bonds. The smallest absolute Gasteiger partial charge is 0.231 e. The quantitative estimate of drug-likeness (QED) is 0.716. The normalized spacial score (nSPS) is 15.0. The second-order valence-electron chi connectivity index (χ2n) is 8.14. The van der Waals surface area contributed by atoms with E-state index in [2.05, 4.69) is 37.6 Å². The molecule has 0 atom stereocenters. The van der Waals surface area contributed by atoms with Gasteiger partial charge in [-0.3, -0.25) is 14.7 Å². The summed E-state index contributed by atoms with van der Waals surface area (Å²) in [6, 6.07) is 6.86. The van der Waals surface area contributed by atoms with Crippen LogP contribution in [0.3, 0.4) is 0 Å². The molecule has 0 saturated heterocycles. The van der Waals surface area contributed by atoms with Crippen LogP contribution >= 0.6 is 0 Å². The summed E-state index contributed by atoms with van der Waals surface area (Å²) in [5.41, 5.74) is 2.02. The zero-order valence-electron chi connectivity index (χ0n) is 17.0. The van der Waals surface area contributed by atoms with E-state index in [1.807, 2.05) is 12.1 Å². The van der Waals surface area contributed by atoms with Crippen molar-refractivity contribution >= 4 is 11.9 Å². The Morgan fingerprint density at radius 1 is 1.07 bits per heavy atom. The van der Waals surface area contributed by atoms with Crippen molar-refractivity contribution in [3.63, 3.8) is 0 Å². The number of ketones is 1. The van der Waals surface area contributed by atoms with Crippen LogP contribution in [0.25, 0.3) is 6.08 Å². The Morgan fingerprint density at radius 3 is 2.32 bits per heavy atom. The van der Waals surface area contributed by atoms with E-state index in [1.165, 1.54) is 0 Å². The first-order valence-electron chi connectivity index (χ1n) is 9.76. The molecule has 5 heteroatoms. The largest absolute Gasteiger partial charge is 0.507 e. The number of hydrogen-bond acceptors (Lipinski definition) is 5. The van der Waals surface area contributed by atoms with E-state index in [0.717, 1.165) is 18.7 Å². The molecule has 2 aromatic rings. The minimum Gasteiger partial charge on any atom is -0.507 e. The summed E-state index contributed by atoms with van der Waals surface area (Å²) in [5.74, 6) is 1.75. The number of phenols is 1. The molecule has 0 spiro atoms. The molecule has 148 valence electrons. The molecule has 5 nitrogen and oxygen atoms in total. The van der Waals surface area contributed by atoms with Gasteiger partial charge in [0.1, 0.15) is 11.5 Å². The molecule has 0 bridgehead atoms. The zero-order valence-corrected chi connectivity index (χ0v) is 17.0. The highest BCUT2D eigenvalue weighted by molar-refractivity contribution is 6.14. The summed E-state index contributed by atoms with van der Waals surface area (Å²) in [4.78, 5) is 19.1. The number of aromatic hydroxyl groups is 1. The molecule has 0 aliphatic carbocycles. The lowest BCUT2D eigenvalue weighted by atomic mass is 10.0. The first kappa shape index (κ1) is 20.1. The summed E-state index contributed by atoms with van der Waals surface area (Å²) in [5, 5.41) is 10.5. The third-order valence-corrected chi connectivity index (χ3v) is 4.55. The van der Waals surface area contributed by atoms with Crippen molar-refractivity contribution in [3.8, 4) is 11.5 Å². The second kappa shape index (κ2) is 8.57. The van der Waals surface area contributed by atoms with E-state index >= 15 is 0 Å². The van der Waals surface area contributed by atoms with Crippen molar-refractivity contribution in [2.45, 2.75) is 34.2 Å². The third-order valence-electron chi connectivity index (χ3n) is 4.55. The van der Waals surface area contributed by atoms with E-state index in [-0.39, 0.29) is 17.3 Å². The number of phenolic OH excluding ortho intramolecular Hbond substituents is 1. The molecule has 1 N–H and O–H groups in total. The van der Waals surface area contributed by atoms with E-state index in [9.17, 15) is 9.90 Å². The van der Waals surface area contributed by atoms with Crippen LogP contribution in [0.4, 0.5) is 0 Å². The number of carbonyl (C=O) groups excluding carboxylic acids is 1. The monoisotopic (exact) mass is 380 g/mol. The van der Waals surface area contributed by atoms with Gasteiger partial charge in [-0.2, -0.15) is 0 Å². The van der Waals surface area contributed by atoms with Crippen LogP contribution in [0.15, 0.2) is 42.4 Å². The van der Waals surface area contributed by atoms with E-state index < -0.39 is 0 Å². The van der Waals surface area contributed by atoms with Crippen LogP contribution in [-0.2, 0) is 6.54 Å². The van der Waals surface area contributed by atoms with Gasteiger partial charge in [0.05, 0.1) is 11.1 Å². The van der Waals surface area contributed by atoms with Crippen LogP contribution in [0.1, 0.15) is 49.2 Å². The number of benzene rings is 1. The number of pyridine rings is 1. The average Bonchev–Trinajstić information content (AvgIpc) is 2.93. The fraction of sp³-hybridized carbons (Fsp3) is 0.391. The molecular weight excluding hydrogens is 352 g/mol. The number of allylic oxidation sites excluding steroid dienone is 1. The number of Topliss-reactive ketones (excluding diaryl/α,β-unsaturated/α-hetero) is 1. The fourth-order valence-corrected chi connectivity index (χ4v) is 3.52. The summed E-state index contributed by atoms with van der Waals surface area (Å²) in [6.07, 6.45) is 5.06. The van der Waals surface area contributed by atoms with Crippen LogP contribution in [0, 0.1) is 11.8 Å². The second-order valence-corrected chi connectivity index (χ2v) is 8.14. The SMILES string of the molecule is CC(C)CN(Cc1c(O)ccc2c1O/C(=C/c1ccncc1)C2=O)CC(C)C. The Kier molecular flexibility index (Phi) is 6.15. The van der Waals surface area contributed by atoms with Gasteiger partial charge < -0.3 is 9.84 Å². The van der Waals surface area contributed by atoms with Gasteiger partial charge >= 0.3 is 0 Å². The summed E-state index contributed by atoms with van der Waals surface area (Å²) in [7, 11) is 0. The highest BCUT2D eigenvalue weighted by Gasteiger charge is 2.31. The molecule has 2 heterocycles. The van der Waals surface area contributed by atoms with Crippen molar-refractivity contribution in [2.24, 2.45) is 11.8 Å². The van der Waals surface area contributed by atoms with Crippen molar-refractivity contribution < 1.29 is 14.6 Å². The van der Waals surface area contributed by atoms with Crippen molar-refractivity contribution in [1.29, 1.82) is 0 Å². The number of carbonyl (C=O) groups is 1. The minimum atomic E-state index is -0.160. The van der Waals surface area contributed by atoms with Gasteiger partial charge in [-0.15, -0.1) is 0 Å². The Morgan fingerprint density at radius 2 is 1.71 bits per heavy atom. The van der Waals surface area contributed by atoms with Gasteiger partial charge in [0, 0.05) is 32.0 Å². The summed E-state index contributed by atoms with van der Waals surface area (Å²) < 4.78 is 5.95. The number of fused-ring (bicyclic) bond motifs is 1. The van der Waals surface area contributed by atoms with Crippen LogP contribution < -0.4 is 4.74 Å². The van der Waals surface area contributed by atoms with Crippen molar-refractivity contribution in [2.75, 3.05) is 13.1 Å². The molecule has 1 aromatic carbocycles. The number of aromatic nitrogens is 1. The topological polar surface area (TPSA) is 62.7 Å². The maximum atomic E-state index is 12.8. The zero-order chi connectivity index (χ0) is 20.3.